The van der Waals surface area contributed by atoms with Gasteiger partial charge in [0.2, 0.25) is 0 Å². The molecule has 1 aromatic carbocycles. The van der Waals surface area contributed by atoms with Crippen molar-refractivity contribution in [3.05, 3.63) is 29.8 Å². The summed E-state index contributed by atoms with van der Waals surface area (Å²) in [5.74, 6) is 0.768. The van der Waals surface area contributed by atoms with E-state index in [0.717, 1.165) is 65.1 Å². The summed E-state index contributed by atoms with van der Waals surface area (Å²) in [6, 6.07) is 8.10. The first-order valence-electron chi connectivity index (χ1n) is 9.89. The summed E-state index contributed by atoms with van der Waals surface area (Å²) in [6.07, 6.45) is 3.34. The first-order valence-corrected chi connectivity index (χ1v) is 9.89. The number of piperazine rings is 1. The molecule has 3 aliphatic rings. The molecule has 6 heteroatoms. The van der Waals surface area contributed by atoms with Crippen molar-refractivity contribution in [2.24, 2.45) is 0 Å². The Morgan fingerprint density at radius 1 is 1.19 bits per heavy atom. The molecule has 0 spiro atoms. The summed E-state index contributed by atoms with van der Waals surface area (Å²) in [4.78, 5) is 17.6. The van der Waals surface area contributed by atoms with Crippen LogP contribution in [0.3, 0.4) is 0 Å². The average Bonchev–Trinajstić information content (AvgIpc) is 3.39. The van der Waals surface area contributed by atoms with Crippen LogP contribution in [-0.4, -0.2) is 80.3 Å². The van der Waals surface area contributed by atoms with Crippen LogP contribution in [0.5, 0.6) is 5.75 Å². The Bertz CT molecular complexity index is 612. The van der Waals surface area contributed by atoms with E-state index in [2.05, 4.69) is 10.2 Å². The van der Waals surface area contributed by atoms with Gasteiger partial charge in [0, 0.05) is 51.9 Å². The lowest BCUT2D eigenvalue weighted by molar-refractivity contribution is 0.0654. The summed E-state index contributed by atoms with van der Waals surface area (Å²) < 4.78 is 11.6. The van der Waals surface area contributed by atoms with Gasteiger partial charge < -0.3 is 19.7 Å². The first-order chi connectivity index (χ1) is 12.8. The summed E-state index contributed by atoms with van der Waals surface area (Å²) >= 11 is 0. The Balaban J connectivity index is 1.38. The molecule has 0 aromatic heterocycles. The van der Waals surface area contributed by atoms with Crippen LogP contribution in [0.25, 0.3) is 0 Å². The topological polar surface area (TPSA) is 54.0 Å². The number of rotatable bonds is 5. The summed E-state index contributed by atoms with van der Waals surface area (Å²) in [5, 5.41) is 3.39. The predicted molar refractivity (Wildman–Crippen MR) is 99.7 cm³/mol. The van der Waals surface area contributed by atoms with Crippen molar-refractivity contribution in [1.82, 2.24) is 15.1 Å². The Morgan fingerprint density at radius 3 is 2.85 bits per heavy atom. The number of hydrogen-bond donors (Lipinski definition) is 1. The molecule has 0 aliphatic carbocycles. The Morgan fingerprint density at radius 2 is 2.04 bits per heavy atom. The number of hydrogen-bond acceptors (Lipinski definition) is 5. The maximum absolute atomic E-state index is 13.1. The standard InChI is InChI=1S/C20H29N3O3/c24-20(23-10-7-16(14-23)22-11-8-21-9-12-22)18-5-1-2-6-19(18)26-15-17-4-3-13-25-17/h1-2,5-6,16-17,21H,3-4,7-15H2. The van der Waals surface area contributed by atoms with Crippen molar-refractivity contribution >= 4 is 5.91 Å². The van der Waals surface area contributed by atoms with Crippen LogP contribution >= 0.6 is 0 Å². The molecule has 3 heterocycles. The van der Waals surface area contributed by atoms with Crippen LogP contribution in [0.2, 0.25) is 0 Å². The van der Waals surface area contributed by atoms with E-state index in [1.165, 1.54) is 0 Å². The highest BCUT2D eigenvalue weighted by Crippen LogP contribution is 2.25. The molecule has 2 atom stereocenters. The average molecular weight is 359 g/mol. The van der Waals surface area contributed by atoms with E-state index in [4.69, 9.17) is 9.47 Å². The van der Waals surface area contributed by atoms with Gasteiger partial charge in [-0.3, -0.25) is 9.69 Å². The van der Waals surface area contributed by atoms with Crippen molar-refractivity contribution in [2.75, 3.05) is 52.5 Å². The molecule has 3 fully saturated rings. The van der Waals surface area contributed by atoms with E-state index in [9.17, 15) is 4.79 Å². The lowest BCUT2D eigenvalue weighted by atomic mass is 10.1. The van der Waals surface area contributed by atoms with Gasteiger partial charge in [-0.15, -0.1) is 0 Å². The summed E-state index contributed by atoms with van der Waals surface area (Å²) in [6.45, 7) is 7.23. The fourth-order valence-electron chi connectivity index (χ4n) is 4.17. The van der Waals surface area contributed by atoms with E-state index < -0.39 is 0 Å². The minimum Gasteiger partial charge on any atom is -0.490 e. The largest absolute Gasteiger partial charge is 0.490 e. The van der Waals surface area contributed by atoms with Crippen molar-refractivity contribution < 1.29 is 14.3 Å². The number of likely N-dealkylation sites (tertiary alicyclic amines) is 1. The molecule has 26 heavy (non-hydrogen) atoms. The molecule has 1 amide bonds. The second-order valence-electron chi connectivity index (χ2n) is 7.42. The third kappa shape index (κ3) is 4.03. The Kier molecular flexibility index (Phi) is 5.72. The lowest BCUT2D eigenvalue weighted by Gasteiger charge is -2.32. The second kappa shape index (κ2) is 8.37. The van der Waals surface area contributed by atoms with E-state index in [1.807, 2.05) is 29.2 Å². The molecular formula is C20H29N3O3. The molecule has 4 rings (SSSR count). The molecule has 142 valence electrons. The molecular weight excluding hydrogens is 330 g/mol. The van der Waals surface area contributed by atoms with Gasteiger partial charge in [0.15, 0.2) is 0 Å². The number of nitrogens with zero attached hydrogens (tertiary/aromatic N) is 2. The number of carbonyl (C=O) groups is 1. The molecule has 0 radical (unpaired) electrons. The van der Waals surface area contributed by atoms with Crippen LogP contribution in [0.15, 0.2) is 24.3 Å². The zero-order chi connectivity index (χ0) is 17.8. The van der Waals surface area contributed by atoms with Gasteiger partial charge in [0.05, 0.1) is 11.7 Å². The smallest absolute Gasteiger partial charge is 0.257 e. The van der Waals surface area contributed by atoms with Crippen molar-refractivity contribution in [2.45, 2.75) is 31.4 Å². The molecule has 2 unspecified atom stereocenters. The van der Waals surface area contributed by atoms with Gasteiger partial charge in [-0.2, -0.15) is 0 Å². The van der Waals surface area contributed by atoms with Crippen LogP contribution in [-0.2, 0) is 4.74 Å². The van der Waals surface area contributed by atoms with Crippen molar-refractivity contribution in [1.29, 1.82) is 0 Å². The molecule has 0 bridgehead atoms. The number of para-hydroxylation sites is 1. The lowest BCUT2D eigenvalue weighted by Crippen LogP contribution is -2.49. The fraction of sp³-hybridized carbons (Fsp3) is 0.650. The SMILES string of the molecule is O=C(c1ccccc1OCC1CCCO1)N1CCC(N2CCNCC2)C1. The molecule has 1 aromatic rings. The van der Waals surface area contributed by atoms with Crippen LogP contribution in [0, 0.1) is 0 Å². The first kappa shape index (κ1) is 17.8. The quantitative estimate of drug-likeness (QED) is 0.860. The van der Waals surface area contributed by atoms with Gasteiger partial charge in [-0.25, -0.2) is 0 Å². The van der Waals surface area contributed by atoms with E-state index >= 15 is 0 Å². The maximum Gasteiger partial charge on any atom is 0.257 e. The Hall–Kier alpha value is -1.63. The fourth-order valence-corrected chi connectivity index (χ4v) is 4.17. The van der Waals surface area contributed by atoms with Crippen LogP contribution in [0.4, 0.5) is 0 Å². The third-order valence-electron chi connectivity index (χ3n) is 5.68. The van der Waals surface area contributed by atoms with Gasteiger partial charge in [0.25, 0.3) is 5.91 Å². The molecule has 3 saturated heterocycles. The predicted octanol–water partition coefficient (Wildman–Crippen LogP) is 1.36. The normalized spacial score (nSPS) is 27.0. The van der Waals surface area contributed by atoms with Crippen LogP contribution < -0.4 is 10.1 Å². The highest BCUT2D eigenvalue weighted by atomic mass is 16.5. The molecule has 6 nitrogen and oxygen atoms in total. The summed E-state index contributed by atoms with van der Waals surface area (Å²) in [7, 11) is 0. The Labute approximate surface area is 155 Å². The van der Waals surface area contributed by atoms with Gasteiger partial charge in [0.1, 0.15) is 12.4 Å². The van der Waals surface area contributed by atoms with Crippen molar-refractivity contribution in [3.63, 3.8) is 0 Å². The number of ether oxygens (including phenoxy) is 2. The minimum absolute atomic E-state index is 0.0885. The molecule has 1 N–H and O–H groups in total. The summed E-state index contributed by atoms with van der Waals surface area (Å²) in [5.41, 5.74) is 0.673. The van der Waals surface area contributed by atoms with Crippen LogP contribution in [0.1, 0.15) is 29.6 Å². The number of amides is 1. The maximum atomic E-state index is 13.1. The highest BCUT2D eigenvalue weighted by Gasteiger charge is 2.32. The number of nitrogens with one attached hydrogen (secondary N) is 1. The van der Waals surface area contributed by atoms with E-state index in [-0.39, 0.29) is 12.0 Å². The van der Waals surface area contributed by atoms with Gasteiger partial charge in [-0.05, 0) is 31.4 Å². The molecule has 3 aliphatic heterocycles. The van der Waals surface area contributed by atoms with Crippen molar-refractivity contribution in [3.8, 4) is 5.75 Å². The molecule has 0 saturated carbocycles. The van der Waals surface area contributed by atoms with Gasteiger partial charge >= 0.3 is 0 Å². The zero-order valence-electron chi connectivity index (χ0n) is 15.4. The third-order valence-corrected chi connectivity index (χ3v) is 5.68. The van der Waals surface area contributed by atoms with Gasteiger partial charge in [-0.1, -0.05) is 12.1 Å². The second-order valence-corrected chi connectivity index (χ2v) is 7.42. The minimum atomic E-state index is 0.0885. The monoisotopic (exact) mass is 359 g/mol. The highest BCUT2D eigenvalue weighted by molar-refractivity contribution is 5.97. The van der Waals surface area contributed by atoms with E-state index in [0.29, 0.717) is 24.0 Å². The zero-order valence-corrected chi connectivity index (χ0v) is 15.4. The number of carbonyl (C=O) groups excluding carboxylic acids is 1. The van der Waals surface area contributed by atoms with E-state index in [1.54, 1.807) is 0 Å². The number of benzene rings is 1.